The number of hydrogen-bond acceptors (Lipinski definition) is 3. The highest BCUT2D eigenvalue weighted by Gasteiger charge is 2.09. The fraction of sp³-hybridized carbons (Fsp3) is 0.467. The predicted molar refractivity (Wildman–Crippen MR) is 75.3 cm³/mol. The minimum atomic E-state index is 0.630. The average Bonchev–Trinajstić information content (AvgIpc) is 2.40. The molecular weight excluding hydrogens is 226 g/mol. The van der Waals surface area contributed by atoms with Crippen LogP contribution in [0.15, 0.2) is 30.9 Å². The van der Waals surface area contributed by atoms with Crippen LogP contribution in [0.1, 0.15) is 25.3 Å². The van der Waals surface area contributed by atoms with Crippen molar-refractivity contribution in [2.45, 2.75) is 26.3 Å². The quantitative estimate of drug-likeness (QED) is 0.538. The molecule has 100 valence electrons. The third-order valence-corrected chi connectivity index (χ3v) is 2.59. The molecule has 0 aromatic heterocycles. The molecule has 0 fully saturated rings. The van der Waals surface area contributed by atoms with Gasteiger partial charge in [-0.25, -0.2) is 0 Å². The van der Waals surface area contributed by atoms with E-state index in [1.54, 1.807) is 7.11 Å². The van der Waals surface area contributed by atoms with E-state index in [0.29, 0.717) is 6.61 Å². The van der Waals surface area contributed by atoms with Crippen LogP contribution in [0.5, 0.6) is 11.5 Å². The van der Waals surface area contributed by atoms with E-state index in [9.17, 15) is 0 Å². The number of methoxy groups -OCH3 is 1. The summed E-state index contributed by atoms with van der Waals surface area (Å²) >= 11 is 0. The van der Waals surface area contributed by atoms with E-state index in [0.717, 1.165) is 43.0 Å². The summed E-state index contributed by atoms with van der Waals surface area (Å²) in [5.74, 6) is 1.63. The van der Waals surface area contributed by atoms with Crippen LogP contribution in [0.3, 0.4) is 0 Å². The zero-order chi connectivity index (χ0) is 13.2. The van der Waals surface area contributed by atoms with E-state index in [-0.39, 0.29) is 0 Å². The summed E-state index contributed by atoms with van der Waals surface area (Å²) in [6, 6.07) is 5.98. The third-order valence-electron chi connectivity index (χ3n) is 2.59. The van der Waals surface area contributed by atoms with Gasteiger partial charge in [-0.3, -0.25) is 0 Å². The van der Waals surface area contributed by atoms with Crippen molar-refractivity contribution in [3.8, 4) is 11.5 Å². The molecule has 18 heavy (non-hydrogen) atoms. The van der Waals surface area contributed by atoms with Gasteiger partial charge in [0.05, 0.1) is 13.7 Å². The minimum Gasteiger partial charge on any atom is -0.493 e. The molecule has 0 atom stereocenters. The predicted octanol–water partition coefficient (Wildman–Crippen LogP) is 3.15. The molecule has 0 amide bonds. The van der Waals surface area contributed by atoms with E-state index in [1.165, 1.54) is 0 Å². The van der Waals surface area contributed by atoms with Crippen molar-refractivity contribution >= 4 is 0 Å². The molecule has 0 unspecified atom stereocenters. The van der Waals surface area contributed by atoms with Gasteiger partial charge < -0.3 is 14.8 Å². The first-order valence-electron chi connectivity index (χ1n) is 6.43. The fourth-order valence-corrected chi connectivity index (χ4v) is 1.67. The summed E-state index contributed by atoms with van der Waals surface area (Å²) in [7, 11) is 1.67. The van der Waals surface area contributed by atoms with Gasteiger partial charge in [0, 0.05) is 12.1 Å². The van der Waals surface area contributed by atoms with E-state index in [1.807, 2.05) is 18.2 Å². The molecule has 0 saturated carbocycles. The Labute approximate surface area is 110 Å². The molecule has 0 radical (unpaired) electrons. The first-order chi connectivity index (χ1) is 8.83. The summed E-state index contributed by atoms with van der Waals surface area (Å²) in [6.45, 7) is 8.28. The molecule has 0 aliphatic heterocycles. The van der Waals surface area contributed by atoms with Crippen molar-refractivity contribution in [1.82, 2.24) is 5.32 Å². The van der Waals surface area contributed by atoms with Gasteiger partial charge in [0.2, 0.25) is 0 Å². The molecule has 0 heterocycles. The number of benzene rings is 1. The molecule has 0 aliphatic carbocycles. The molecule has 0 bridgehead atoms. The molecule has 0 aliphatic rings. The molecule has 3 nitrogen and oxygen atoms in total. The zero-order valence-corrected chi connectivity index (χ0v) is 11.4. The maximum absolute atomic E-state index is 5.79. The van der Waals surface area contributed by atoms with Crippen molar-refractivity contribution in [2.75, 3.05) is 20.3 Å². The SMILES string of the molecule is C=CCCOc1c(CNCCC)cccc1OC. The second kappa shape index (κ2) is 8.59. The molecule has 0 saturated heterocycles. The lowest BCUT2D eigenvalue weighted by Crippen LogP contribution is -2.15. The third kappa shape index (κ3) is 4.41. The Morgan fingerprint density at radius 3 is 2.89 bits per heavy atom. The van der Waals surface area contributed by atoms with Crippen LogP contribution in [-0.4, -0.2) is 20.3 Å². The monoisotopic (exact) mass is 249 g/mol. The lowest BCUT2D eigenvalue weighted by atomic mass is 10.2. The van der Waals surface area contributed by atoms with Crippen LogP contribution in [0.25, 0.3) is 0 Å². The van der Waals surface area contributed by atoms with Crippen molar-refractivity contribution in [3.05, 3.63) is 36.4 Å². The van der Waals surface area contributed by atoms with Crippen LogP contribution in [-0.2, 0) is 6.54 Å². The Morgan fingerprint density at radius 2 is 2.22 bits per heavy atom. The largest absolute Gasteiger partial charge is 0.493 e. The molecule has 1 rings (SSSR count). The number of nitrogens with one attached hydrogen (secondary N) is 1. The van der Waals surface area contributed by atoms with E-state index in [4.69, 9.17) is 9.47 Å². The average molecular weight is 249 g/mol. The Hall–Kier alpha value is -1.48. The lowest BCUT2D eigenvalue weighted by Gasteiger charge is -2.15. The number of hydrogen-bond donors (Lipinski definition) is 1. The number of ether oxygens (including phenoxy) is 2. The molecule has 1 aromatic rings. The van der Waals surface area contributed by atoms with Crippen LogP contribution in [0.4, 0.5) is 0 Å². The van der Waals surface area contributed by atoms with E-state index >= 15 is 0 Å². The molecule has 0 spiro atoms. The van der Waals surface area contributed by atoms with Crippen molar-refractivity contribution in [2.24, 2.45) is 0 Å². The minimum absolute atomic E-state index is 0.630. The summed E-state index contributed by atoms with van der Waals surface area (Å²) in [5, 5.41) is 3.38. The van der Waals surface area contributed by atoms with Gasteiger partial charge >= 0.3 is 0 Å². The molecular formula is C15H23NO2. The number of rotatable bonds is 9. The van der Waals surface area contributed by atoms with Crippen LogP contribution < -0.4 is 14.8 Å². The lowest BCUT2D eigenvalue weighted by molar-refractivity contribution is 0.296. The second-order valence-electron chi connectivity index (χ2n) is 4.05. The summed E-state index contributed by atoms with van der Waals surface area (Å²) in [4.78, 5) is 0. The van der Waals surface area contributed by atoms with Crippen molar-refractivity contribution in [1.29, 1.82) is 0 Å². The fourth-order valence-electron chi connectivity index (χ4n) is 1.67. The van der Waals surface area contributed by atoms with Gasteiger partial charge in [-0.05, 0) is 25.5 Å². The Kier molecular flexibility index (Phi) is 6.96. The van der Waals surface area contributed by atoms with E-state index in [2.05, 4.69) is 24.9 Å². The molecule has 1 aromatic carbocycles. The van der Waals surface area contributed by atoms with Crippen molar-refractivity contribution < 1.29 is 9.47 Å². The Morgan fingerprint density at radius 1 is 1.39 bits per heavy atom. The smallest absolute Gasteiger partial charge is 0.165 e. The Bertz CT molecular complexity index is 364. The van der Waals surface area contributed by atoms with Gasteiger partial charge in [0.25, 0.3) is 0 Å². The van der Waals surface area contributed by atoms with Crippen LogP contribution in [0.2, 0.25) is 0 Å². The topological polar surface area (TPSA) is 30.5 Å². The maximum Gasteiger partial charge on any atom is 0.165 e. The standard InChI is InChI=1S/C15H23NO2/c1-4-6-11-18-15-13(12-16-10-5-2)8-7-9-14(15)17-3/h4,7-9,16H,1,5-6,10-12H2,2-3H3. The molecule has 3 heteroatoms. The molecule has 1 N–H and O–H groups in total. The zero-order valence-electron chi connectivity index (χ0n) is 11.4. The maximum atomic E-state index is 5.79. The normalized spacial score (nSPS) is 10.1. The second-order valence-corrected chi connectivity index (χ2v) is 4.05. The van der Waals surface area contributed by atoms with Crippen molar-refractivity contribution in [3.63, 3.8) is 0 Å². The van der Waals surface area contributed by atoms with Gasteiger partial charge in [0.1, 0.15) is 0 Å². The Balaban J connectivity index is 2.75. The van der Waals surface area contributed by atoms with Gasteiger partial charge in [-0.15, -0.1) is 6.58 Å². The summed E-state index contributed by atoms with van der Waals surface area (Å²) in [5.41, 5.74) is 1.13. The summed E-state index contributed by atoms with van der Waals surface area (Å²) in [6.07, 6.45) is 3.81. The highest BCUT2D eigenvalue weighted by molar-refractivity contribution is 5.46. The number of para-hydroxylation sites is 1. The van der Waals surface area contributed by atoms with E-state index < -0.39 is 0 Å². The highest BCUT2D eigenvalue weighted by atomic mass is 16.5. The van der Waals surface area contributed by atoms with Gasteiger partial charge in [-0.2, -0.15) is 0 Å². The highest BCUT2D eigenvalue weighted by Crippen LogP contribution is 2.31. The van der Waals surface area contributed by atoms with Gasteiger partial charge in [-0.1, -0.05) is 25.1 Å². The first-order valence-corrected chi connectivity index (χ1v) is 6.43. The van der Waals surface area contributed by atoms with Crippen LogP contribution in [0, 0.1) is 0 Å². The first kappa shape index (κ1) is 14.6. The summed E-state index contributed by atoms with van der Waals surface area (Å²) < 4.78 is 11.1. The van der Waals surface area contributed by atoms with Gasteiger partial charge in [0.15, 0.2) is 11.5 Å². The van der Waals surface area contributed by atoms with Crippen LogP contribution >= 0.6 is 0 Å².